The van der Waals surface area contributed by atoms with E-state index in [9.17, 15) is 22.8 Å². The summed E-state index contributed by atoms with van der Waals surface area (Å²) in [4.78, 5) is 29.1. The first-order valence-corrected chi connectivity index (χ1v) is 9.76. The minimum atomic E-state index is -4.47. The van der Waals surface area contributed by atoms with Crippen molar-refractivity contribution in [2.45, 2.75) is 25.2 Å². The number of rotatable bonds is 7. The van der Waals surface area contributed by atoms with Gasteiger partial charge in [-0.2, -0.15) is 13.2 Å². The summed E-state index contributed by atoms with van der Waals surface area (Å²) in [5, 5.41) is 7.82. The van der Waals surface area contributed by atoms with Gasteiger partial charge in [0.15, 0.2) is 0 Å². The number of aromatic nitrogens is 1. The minimum absolute atomic E-state index is 0.125. The summed E-state index contributed by atoms with van der Waals surface area (Å²) in [7, 11) is 0. The number of carbonyl (C=O) groups excluding carboxylic acids is 2. The molecule has 6 nitrogen and oxygen atoms in total. The lowest BCUT2D eigenvalue weighted by atomic mass is 10.1. The number of pyridine rings is 1. The first-order valence-electron chi connectivity index (χ1n) is 9.76. The first kappa shape index (κ1) is 22.8. The number of alkyl halides is 3. The number of nitrogens with one attached hydrogen (secondary N) is 3. The van der Waals surface area contributed by atoms with Crippen LogP contribution in [-0.2, 0) is 23.9 Å². The summed E-state index contributed by atoms with van der Waals surface area (Å²) in [5.74, 6) is -0.436. The molecule has 1 atom stereocenters. The molecular formula is C23H21F3N4O2. The summed E-state index contributed by atoms with van der Waals surface area (Å²) in [6.45, 7) is -0.125. The van der Waals surface area contributed by atoms with E-state index in [-0.39, 0.29) is 18.5 Å². The molecule has 3 amide bonds. The molecule has 0 aliphatic carbocycles. The number of nitrogens with zero attached hydrogens (tertiary/aromatic N) is 1. The highest BCUT2D eigenvalue weighted by Crippen LogP contribution is 2.29. The molecule has 0 fully saturated rings. The standard InChI is InChI=1S/C23H21F3N4O2/c24-23(25,26)18-8-4-7-17(13-18)15-28-22(32)30-20(14-16-5-2-1-3-6-16)21(31)29-19-9-11-27-12-10-19/h1-13,20H,14-15H2,(H,27,29,31)(H2,28,30,32)/t20-/m0/s1. The van der Waals surface area contributed by atoms with Crippen molar-refractivity contribution < 1.29 is 22.8 Å². The van der Waals surface area contributed by atoms with Gasteiger partial charge in [0.1, 0.15) is 6.04 Å². The van der Waals surface area contributed by atoms with Gasteiger partial charge < -0.3 is 16.0 Å². The van der Waals surface area contributed by atoms with Gasteiger partial charge in [-0.3, -0.25) is 9.78 Å². The van der Waals surface area contributed by atoms with E-state index in [0.717, 1.165) is 17.7 Å². The first-order chi connectivity index (χ1) is 15.3. The van der Waals surface area contributed by atoms with Gasteiger partial charge in [-0.1, -0.05) is 42.5 Å². The molecule has 0 saturated heterocycles. The van der Waals surface area contributed by atoms with E-state index in [1.165, 1.54) is 24.5 Å². The van der Waals surface area contributed by atoms with E-state index < -0.39 is 29.7 Å². The second-order valence-corrected chi connectivity index (χ2v) is 6.99. The quantitative estimate of drug-likeness (QED) is 0.514. The predicted molar refractivity (Wildman–Crippen MR) is 114 cm³/mol. The zero-order valence-electron chi connectivity index (χ0n) is 16.9. The van der Waals surface area contributed by atoms with Gasteiger partial charge in [-0.15, -0.1) is 0 Å². The molecule has 0 bridgehead atoms. The van der Waals surface area contributed by atoms with Crippen molar-refractivity contribution in [3.8, 4) is 0 Å². The summed E-state index contributed by atoms with van der Waals surface area (Å²) >= 11 is 0. The van der Waals surface area contributed by atoms with Crippen LogP contribution in [-0.4, -0.2) is 23.0 Å². The van der Waals surface area contributed by atoms with Gasteiger partial charge in [-0.05, 0) is 35.4 Å². The Morgan fingerprint density at radius 2 is 1.59 bits per heavy atom. The predicted octanol–water partition coefficient (Wildman–Crippen LogP) is 4.15. The molecule has 3 rings (SSSR count). The Balaban J connectivity index is 1.65. The summed E-state index contributed by atoms with van der Waals surface area (Å²) in [6.07, 6.45) is -1.19. The van der Waals surface area contributed by atoms with Crippen LogP contribution >= 0.6 is 0 Å². The SMILES string of the molecule is O=C(NCc1cccc(C(F)(F)F)c1)N[C@@H](Cc1ccccc1)C(=O)Nc1ccncc1. The highest BCUT2D eigenvalue weighted by Gasteiger charge is 2.30. The van der Waals surface area contributed by atoms with Crippen LogP contribution in [0.4, 0.5) is 23.7 Å². The minimum Gasteiger partial charge on any atom is -0.334 e. The van der Waals surface area contributed by atoms with Crippen molar-refractivity contribution in [2.24, 2.45) is 0 Å². The van der Waals surface area contributed by atoms with E-state index in [2.05, 4.69) is 20.9 Å². The Hall–Kier alpha value is -3.88. The molecule has 2 aromatic carbocycles. The third kappa shape index (κ3) is 6.83. The molecule has 32 heavy (non-hydrogen) atoms. The summed E-state index contributed by atoms with van der Waals surface area (Å²) < 4.78 is 38.6. The van der Waals surface area contributed by atoms with Crippen molar-refractivity contribution in [1.29, 1.82) is 0 Å². The lowest BCUT2D eigenvalue weighted by Gasteiger charge is -2.19. The molecule has 1 heterocycles. The fourth-order valence-corrected chi connectivity index (χ4v) is 2.97. The van der Waals surface area contributed by atoms with Crippen LogP contribution in [0.5, 0.6) is 0 Å². The van der Waals surface area contributed by atoms with Crippen molar-refractivity contribution in [2.75, 3.05) is 5.32 Å². The molecular weight excluding hydrogens is 421 g/mol. The van der Waals surface area contributed by atoms with E-state index in [1.807, 2.05) is 30.3 Å². The van der Waals surface area contributed by atoms with Gasteiger partial charge in [0.2, 0.25) is 5.91 Å². The summed E-state index contributed by atoms with van der Waals surface area (Å²) in [6, 6.07) is 15.5. The lowest BCUT2D eigenvalue weighted by Crippen LogP contribution is -2.49. The maximum atomic E-state index is 12.9. The second-order valence-electron chi connectivity index (χ2n) is 6.99. The smallest absolute Gasteiger partial charge is 0.334 e. The normalized spacial score (nSPS) is 12.0. The highest BCUT2D eigenvalue weighted by molar-refractivity contribution is 5.97. The number of anilines is 1. The number of carbonyl (C=O) groups is 2. The van der Waals surface area contributed by atoms with Gasteiger partial charge in [0.25, 0.3) is 0 Å². The van der Waals surface area contributed by atoms with Gasteiger partial charge >= 0.3 is 12.2 Å². The molecule has 0 aliphatic rings. The maximum Gasteiger partial charge on any atom is 0.416 e. The molecule has 1 aromatic heterocycles. The van der Waals surface area contributed by atoms with E-state index >= 15 is 0 Å². The molecule has 0 unspecified atom stereocenters. The molecule has 166 valence electrons. The number of hydrogen-bond donors (Lipinski definition) is 3. The molecule has 0 spiro atoms. The van der Waals surface area contributed by atoms with Crippen LogP contribution in [0.2, 0.25) is 0 Å². The van der Waals surface area contributed by atoms with E-state index in [0.29, 0.717) is 5.69 Å². The monoisotopic (exact) mass is 442 g/mol. The van der Waals surface area contributed by atoms with Gasteiger partial charge in [-0.25, -0.2) is 4.79 Å². The molecule has 3 aromatic rings. The van der Waals surface area contributed by atoms with Crippen molar-refractivity contribution in [1.82, 2.24) is 15.6 Å². The zero-order valence-corrected chi connectivity index (χ0v) is 16.9. The average molecular weight is 442 g/mol. The van der Waals surface area contributed by atoms with Gasteiger partial charge in [0, 0.05) is 31.0 Å². The Labute approximate surface area is 182 Å². The maximum absolute atomic E-state index is 12.9. The number of urea groups is 1. The van der Waals surface area contributed by atoms with Crippen molar-refractivity contribution in [3.63, 3.8) is 0 Å². The average Bonchev–Trinajstić information content (AvgIpc) is 2.78. The lowest BCUT2D eigenvalue weighted by molar-refractivity contribution is -0.137. The highest BCUT2D eigenvalue weighted by atomic mass is 19.4. The number of hydrogen-bond acceptors (Lipinski definition) is 3. The fourth-order valence-electron chi connectivity index (χ4n) is 2.97. The Kier molecular flexibility index (Phi) is 7.43. The third-order valence-electron chi connectivity index (χ3n) is 4.56. The Bertz CT molecular complexity index is 1040. The molecule has 0 saturated carbocycles. The van der Waals surface area contributed by atoms with Crippen molar-refractivity contribution >= 4 is 17.6 Å². The number of halogens is 3. The van der Waals surface area contributed by atoms with Gasteiger partial charge in [0.05, 0.1) is 5.56 Å². The zero-order chi connectivity index (χ0) is 23.0. The fraction of sp³-hybridized carbons (Fsp3) is 0.174. The molecule has 9 heteroatoms. The van der Waals surface area contributed by atoms with Crippen molar-refractivity contribution in [3.05, 3.63) is 95.8 Å². The van der Waals surface area contributed by atoms with E-state index in [4.69, 9.17) is 0 Å². The van der Waals surface area contributed by atoms with Crippen LogP contribution in [0.1, 0.15) is 16.7 Å². The van der Waals surface area contributed by atoms with Crippen LogP contribution in [0.25, 0.3) is 0 Å². The topological polar surface area (TPSA) is 83.1 Å². The Morgan fingerprint density at radius 1 is 0.906 bits per heavy atom. The Morgan fingerprint density at radius 3 is 2.28 bits per heavy atom. The van der Waals surface area contributed by atoms with Crippen LogP contribution < -0.4 is 16.0 Å². The molecule has 0 radical (unpaired) electrons. The van der Waals surface area contributed by atoms with Crippen LogP contribution in [0.3, 0.4) is 0 Å². The second kappa shape index (κ2) is 10.4. The van der Waals surface area contributed by atoms with E-state index in [1.54, 1.807) is 12.1 Å². The third-order valence-corrected chi connectivity index (χ3v) is 4.56. The number of amides is 3. The van der Waals surface area contributed by atoms with Crippen LogP contribution in [0, 0.1) is 0 Å². The molecule has 3 N–H and O–H groups in total. The largest absolute Gasteiger partial charge is 0.416 e. The molecule has 0 aliphatic heterocycles. The summed E-state index contributed by atoms with van der Waals surface area (Å²) in [5.41, 5.74) is 0.849. The van der Waals surface area contributed by atoms with Crippen LogP contribution in [0.15, 0.2) is 79.1 Å². The number of benzene rings is 2.